The number of ether oxygens (including phenoxy) is 1. The largest absolute Gasteiger partial charge is 0.491 e. The highest BCUT2D eigenvalue weighted by atomic mass is 16.5. The van der Waals surface area contributed by atoms with E-state index in [9.17, 15) is 0 Å². The molecule has 2 unspecified atom stereocenters. The molecule has 1 nitrogen and oxygen atoms in total. The van der Waals surface area contributed by atoms with Crippen molar-refractivity contribution in [2.75, 3.05) is 0 Å². The fraction of sp³-hybridized carbons (Fsp3) is 0.500. The molecule has 0 spiro atoms. The first-order valence-corrected chi connectivity index (χ1v) is 6.54. The van der Waals surface area contributed by atoms with Gasteiger partial charge in [-0.25, -0.2) is 0 Å². The van der Waals surface area contributed by atoms with E-state index in [1.807, 2.05) is 30.3 Å². The first kappa shape index (κ1) is 13.8. The smallest absolute Gasteiger partial charge is 0.119 e. The summed E-state index contributed by atoms with van der Waals surface area (Å²) in [6.45, 7) is 10.6. The van der Waals surface area contributed by atoms with Gasteiger partial charge in [-0.15, -0.1) is 0 Å². The molecule has 0 aromatic heterocycles. The minimum absolute atomic E-state index is 0.247. The van der Waals surface area contributed by atoms with Gasteiger partial charge in [0.25, 0.3) is 0 Å². The molecule has 2 atom stereocenters. The fourth-order valence-corrected chi connectivity index (χ4v) is 1.72. The lowest BCUT2D eigenvalue weighted by molar-refractivity contribution is 0.167. The van der Waals surface area contributed by atoms with E-state index in [1.54, 1.807) is 0 Å². The van der Waals surface area contributed by atoms with E-state index in [-0.39, 0.29) is 6.10 Å². The van der Waals surface area contributed by atoms with Crippen LogP contribution in [0.25, 0.3) is 5.76 Å². The molecule has 0 N–H and O–H groups in total. The summed E-state index contributed by atoms with van der Waals surface area (Å²) in [6.07, 6.45) is 3.81. The van der Waals surface area contributed by atoms with E-state index in [4.69, 9.17) is 4.74 Å². The van der Waals surface area contributed by atoms with Crippen LogP contribution >= 0.6 is 0 Å². The third-order valence-corrected chi connectivity index (χ3v) is 3.20. The Balaban J connectivity index is 2.36. The van der Waals surface area contributed by atoms with Crippen LogP contribution in [-0.2, 0) is 4.74 Å². The standard InChI is InChI=1S/C16H24O/c1-5-13(2)11-12-14(3)17-15(4)16-9-7-6-8-10-16/h6-10,13-14H,4-5,11-12H2,1-3H3. The maximum atomic E-state index is 5.84. The molecule has 1 aromatic rings. The zero-order chi connectivity index (χ0) is 12.7. The van der Waals surface area contributed by atoms with Crippen molar-refractivity contribution in [1.82, 2.24) is 0 Å². The van der Waals surface area contributed by atoms with Crippen molar-refractivity contribution in [2.45, 2.75) is 46.1 Å². The minimum Gasteiger partial charge on any atom is -0.491 e. The van der Waals surface area contributed by atoms with Crippen LogP contribution in [0, 0.1) is 5.92 Å². The minimum atomic E-state index is 0.247. The average Bonchev–Trinajstić information content (AvgIpc) is 2.36. The van der Waals surface area contributed by atoms with Crippen LogP contribution in [-0.4, -0.2) is 6.10 Å². The van der Waals surface area contributed by atoms with Crippen molar-refractivity contribution in [3.05, 3.63) is 42.5 Å². The third kappa shape index (κ3) is 5.08. The average molecular weight is 232 g/mol. The maximum absolute atomic E-state index is 5.84. The molecule has 1 rings (SSSR count). The van der Waals surface area contributed by atoms with Gasteiger partial charge < -0.3 is 4.74 Å². The predicted molar refractivity (Wildman–Crippen MR) is 74.7 cm³/mol. The molecule has 0 saturated carbocycles. The van der Waals surface area contributed by atoms with Crippen LogP contribution < -0.4 is 0 Å². The summed E-state index contributed by atoms with van der Waals surface area (Å²) in [5.41, 5.74) is 1.07. The molecular formula is C16H24O. The van der Waals surface area contributed by atoms with E-state index < -0.39 is 0 Å². The van der Waals surface area contributed by atoms with Crippen molar-refractivity contribution in [2.24, 2.45) is 5.92 Å². The Morgan fingerprint density at radius 2 is 1.82 bits per heavy atom. The molecular weight excluding hydrogens is 208 g/mol. The SMILES string of the molecule is C=C(OC(C)CCC(C)CC)c1ccccc1. The number of hydrogen-bond donors (Lipinski definition) is 0. The van der Waals surface area contributed by atoms with Crippen molar-refractivity contribution >= 4 is 5.76 Å². The van der Waals surface area contributed by atoms with Crippen LogP contribution in [0.1, 0.15) is 45.6 Å². The number of rotatable bonds is 7. The topological polar surface area (TPSA) is 9.23 Å². The normalized spacial score (nSPS) is 14.1. The number of hydrogen-bond acceptors (Lipinski definition) is 1. The molecule has 1 aromatic carbocycles. The second-order valence-corrected chi connectivity index (χ2v) is 4.81. The summed E-state index contributed by atoms with van der Waals surface area (Å²) < 4.78 is 5.84. The molecule has 1 heteroatoms. The Hall–Kier alpha value is -1.24. The quantitative estimate of drug-likeness (QED) is 0.608. The molecule has 0 saturated heterocycles. The predicted octanol–water partition coefficient (Wildman–Crippen LogP) is 4.89. The number of benzene rings is 1. The summed E-state index contributed by atoms with van der Waals surface area (Å²) in [5.74, 6) is 1.56. The molecule has 0 fully saturated rings. The summed E-state index contributed by atoms with van der Waals surface area (Å²) >= 11 is 0. The van der Waals surface area contributed by atoms with Crippen molar-refractivity contribution < 1.29 is 4.74 Å². The molecule has 0 aliphatic heterocycles. The fourth-order valence-electron chi connectivity index (χ4n) is 1.72. The molecule has 0 bridgehead atoms. The lowest BCUT2D eigenvalue weighted by atomic mass is 10.0. The van der Waals surface area contributed by atoms with Gasteiger partial charge >= 0.3 is 0 Å². The Morgan fingerprint density at radius 1 is 1.18 bits per heavy atom. The zero-order valence-electron chi connectivity index (χ0n) is 11.3. The monoisotopic (exact) mass is 232 g/mol. The van der Waals surface area contributed by atoms with Crippen LogP contribution in [0.4, 0.5) is 0 Å². The van der Waals surface area contributed by atoms with Crippen LogP contribution in [0.5, 0.6) is 0 Å². The second kappa shape index (κ2) is 7.16. The third-order valence-electron chi connectivity index (χ3n) is 3.20. The first-order valence-electron chi connectivity index (χ1n) is 6.54. The Morgan fingerprint density at radius 3 is 2.41 bits per heavy atom. The molecule has 17 heavy (non-hydrogen) atoms. The summed E-state index contributed by atoms with van der Waals surface area (Å²) in [4.78, 5) is 0. The van der Waals surface area contributed by atoms with Gasteiger partial charge in [-0.2, -0.15) is 0 Å². The van der Waals surface area contributed by atoms with E-state index in [2.05, 4.69) is 27.4 Å². The first-order chi connectivity index (χ1) is 8.13. The van der Waals surface area contributed by atoms with Crippen LogP contribution in [0.2, 0.25) is 0 Å². The Kier molecular flexibility index (Phi) is 5.82. The maximum Gasteiger partial charge on any atom is 0.119 e. The van der Waals surface area contributed by atoms with E-state index >= 15 is 0 Å². The van der Waals surface area contributed by atoms with Gasteiger partial charge in [-0.1, -0.05) is 57.2 Å². The van der Waals surface area contributed by atoms with E-state index in [0.29, 0.717) is 0 Å². The lowest BCUT2D eigenvalue weighted by Crippen LogP contribution is -2.09. The summed E-state index contributed by atoms with van der Waals surface area (Å²) in [5, 5.41) is 0. The highest BCUT2D eigenvalue weighted by Crippen LogP contribution is 2.19. The van der Waals surface area contributed by atoms with Crippen molar-refractivity contribution in [1.29, 1.82) is 0 Å². The highest BCUT2D eigenvalue weighted by Gasteiger charge is 2.08. The molecule has 0 amide bonds. The van der Waals surface area contributed by atoms with Gasteiger partial charge in [0.2, 0.25) is 0 Å². The van der Waals surface area contributed by atoms with E-state index in [1.165, 1.54) is 12.8 Å². The molecule has 0 heterocycles. The Labute approximate surface area is 106 Å². The summed E-state index contributed by atoms with van der Waals surface area (Å²) in [7, 11) is 0. The van der Waals surface area contributed by atoms with Gasteiger partial charge in [-0.05, 0) is 25.7 Å². The van der Waals surface area contributed by atoms with Crippen LogP contribution in [0.15, 0.2) is 36.9 Å². The highest BCUT2D eigenvalue weighted by molar-refractivity contribution is 5.57. The molecule has 94 valence electrons. The van der Waals surface area contributed by atoms with Gasteiger partial charge in [0.05, 0.1) is 6.10 Å². The lowest BCUT2D eigenvalue weighted by Gasteiger charge is -2.18. The molecule has 0 aliphatic rings. The van der Waals surface area contributed by atoms with Gasteiger partial charge in [0, 0.05) is 5.56 Å². The zero-order valence-corrected chi connectivity index (χ0v) is 11.3. The van der Waals surface area contributed by atoms with Gasteiger partial charge in [-0.3, -0.25) is 0 Å². The van der Waals surface area contributed by atoms with E-state index in [0.717, 1.165) is 23.7 Å². The van der Waals surface area contributed by atoms with Gasteiger partial charge in [0.15, 0.2) is 0 Å². The Bertz CT molecular complexity index is 329. The molecule has 0 aliphatic carbocycles. The summed E-state index contributed by atoms with van der Waals surface area (Å²) in [6, 6.07) is 10.1. The van der Waals surface area contributed by atoms with Crippen molar-refractivity contribution in [3.63, 3.8) is 0 Å². The van der Waals surface area contributed by atoms with Gasteiger partial charge in [0.1, 0.15) is 5.76 Å². The van der Waals surface area contributed by atoms with Crippen LogP contribution in [0.3, 0.4) is 0 Å². The van der Waals surface area contributed by atoms with Crippen molar-refractivity contribution in [3.8, 4) is 0 Å². The molecule has 0 radical (unpaired) electrons. The second-order valence-electron chi connectivity index (χ2n) is 4.81.